The second-order valence-corrected chi connectivity index (χ2v) is 12.2. The SMILES string of the molecule is C[C@]12CC[C@@H]3[C@@H](CCC4OC(=O)C=C[C@@]43C)[C@@H]1CC(C(=O)NC1CC3CCC1C3)C2. The average Bonchev–Trinajstić information content (AvgIpc) is 3.42. The van der Waals surface area contributed by atoms with E-state index in [-0.39, 0.29) is 23.4 Å². The summed E-state index contributed by atoms with van der Waals surface area (Å²) in [6.45, 7) is 4.78. The number of ether oxygens (including phenoxy) is 1. The van der Waals surface area contributed by atoms with E-state index in [1.807, 2.05) is 0 Å². The van der Waals surface area contributed by atoms with Crippen LogP contribution in [0.4, 0.5) is 0 Å². The molecule has 1 aliphatic heterocycles. The Hall–Kier alpha value is -1.32. The minimum Gasteiger partial charge on any atom is -0.458 e. The van der Waals surface area contributed by atoms with Crippen molar-refractivity contribution < 1.29 is 14.3 Å². The maximum absolute atomic E-state index is 13.3. The second kappa shape index (κ2) is 6.59. The van der Waals surface area contributed by atoms with Crippen molar-refractivity contribution in [3.05, 3.63) is 12.2 Å². The summed E-state index contributed by atoms with van der Waals surface area (Å²) in [5.41, 5.74) is 0.275. The molecule has 0 radical (unpaired) electrons. The van der Waals surface area contributed by atoms with Gasteiger partial charge in [-0.3, -0.25) is 4.79 Å². The zero-order chi connectivity index (χ0) is 20.7. The number of carbonyl (C=O) groups is 2. The van der Waals surface area contributed by atoms with Crippen LogP contribution in [0, 0.1) is 46.3 Å². The van der Waals surface area contributed by atoms with E-state index in [1.54, 1.807) is 6.08 Å². The van der Waals surface area contributed by atoms with Crippen LogP contribution >= 0.6 is 0 Å². The van der Waals surface area contributed by atoms with Crippen LogP contribution in [-0.4, -0.2) is 24.0 Å². The van der Waals surface area contributed by atoms with Crippen molar-refractivity contribution in [3.63, 3.8) is 0 Å². The normalized spacial score (nSPS) is 53.6. The summed E-state index contributed by atoms with van der Waals surface area (Å²) in [5.74, 6) is 3.87. The topological polar surface area (TPSA) is 55.4 Å². The highest BCUT2D eigenvalue weighted by atomic mass is 16.5. The van der Waals surface area contributed by atoms with Gasteiger partial charge < -0.3 is 10.1 Å². The molecule has 164 valence electrons. The molecule has 0 aromatic rings. The number of amides is 1. The van der Waals surface area contributed by atoms with Crippen LogP contribution in [-0.2, 0) is 14.3 Å². The Kier molecular flexibility index (Phi) is 4.26. The van der Waals surface area contributed by atoms with Gasteiger partial charge in [0.1, 0.15) is 6.10 Å². The lowest BCUT2D eigenvalue weighted by Crippen LogP contribution is -2.54. The molecule has 0 saturated heterocycles. The molecule has 10 atom stereocenters. The van der Waals surface area contributed by atoms with Crippen LogP contribution in [0.15, 0.2) is 12.2 Å². The largest absolute Gasteiger partial charge is 0.458 e. The summed E-state index contributed by atoms with van der Waals surface area (Å²) < 4.78 is 5.75. The standard InChI is InChI=1S/C26H37NO3/c1-25-9-7-19-18(5-6-22-26(19,2)10-8-23(28)30-22)20(25)13-17(14-25)24(29)27-21-12-15-3-4-16(21)11-15/h8,10,15-22H,3-7,9,11-14H2,1-2H3,(H,27,29)/t15?,16?,17?,18-,19-,20+,21?,22?,25-,26-/m1/s1. The molecule has 30 heavy (non-hydrogen) atoms. The lowest BCUT2D eigenvalue weighted by Gasteiger charge is -2.57. The Balaban J connectivity index is 1.18. The van der Waals surface area contributed by atoms with Gasteiger partial charge in [-0.25, -0.2) is 4.79 Å². The molecule has 6 rings (SSSR count). The van der Waals surface area contributed by atoms with Crippen molar-refractivity contribution in [3.8, 4) is 0 Å². The number of esters is 1. The van der Waals surface area contributed by atoms with Crippen LogP contribution in [0.1, 0.15) is 78.1 Å². The third-order valence-electron chi connectivity index (χ3n) is 10.7. The summed E-state index contributed by atoms with van der Waals surface area (Å²) in [6.07, 6.45) is 15.8. The number of rotatable bonds is 2. The molecule has 0 aromatic carbocycles. The fourth-order valence-corrected chi connectivity index (χ4v) is 9.18. The number of hydrogen-bond acceptors (Lipinski definition) is 3. The van der Waals surface area contributed by atoms with Gasteiger partial charge in [0.2, 0.25) is 5.91 Å². The van der Waals surface area contributed by atoms with Gasteiger partial charge in [-0.15, -0.1) is 0 Å². The Labute approximate surface area is 180 Å². The summed E-state index contributed by atoms with van der Waals surface area (Å²) in [5, 5.41) is 3.50. The van der Waals surface area contributed by atoms with Gasteiger partial charge in [-0.05, 0) is 92.8 Å². The molecule has 2 bridgehead atoms. The molecular formula is C26H37NO3. The van der Waals surface area contributed by atoms with Crippen molar-refractivity contribution in [2.45, 2.75) is 90.2 Å². The van der Waals surface area contributed by atoms with Crippen LogP contribution in [0.2, 0.25) is 0 Å². The Morgan fingerprint density at radius 3 is 2.70 bits per heavy atom. The zero-order valence-electron chi connectivity index (χ0n) is 18.6. The molecule has 1 N–H and O–H groups in total. The molecule has 5 aliphatic carbocycles. The molecule has 5 fully saturated rings. The highest BCUT2D eigenvalue weighted by Gasteiger charge is 2.60. The smallest absolute Gasteiger partial charge is 0.330 e. The zero-order valence-corrected chi connectivity index (χ0v) is 18.6. The van der Waals surface area contributed by atoms with E-state index >= 15 is 0 Å². The number of hydrogen-bond donors (Lipinski definition) is 1. The van der Waals surface area contributed by atoms with Gasteiger partial charge in [-0.1, -0.05) is 26.3 Å². The summed E-state index contributed by atoms with van der Waals surface area (Å²) in [7, 11) is 0. The minimum absolute atomic E-state index is 0.0262. The van der Waals surface area contributed by atoms with Crippen molar-refractivity contribution in [1.82, 2.24) is 5.32 Å². The predicted octanol–water partition coefficient (Wildman–Crippen LogP) is 4.63. The van der Waals surface area contributed by atoms with Crippen LogP contribution < -0.4 is 5.32 Å². The molecule has 5 saturated carbocycles. The first-order valence-corrected chi connectivity index (χ1v) is 12.6. The first kappa shape index (κ1) is 19.4. The van der Waals surface area contributed by atoms with Crippen LogP contribution in [0.25, 0.3) is 0 Å². The second-order valence-electron chi connectivity index (χ2n) is 12.2. The Bertz CT molecular complexity index is 791. The van der Waals surface area contributed by atoms with Crippen molar-refractivity contribution in [2.75, 3.05) is 0 Å². The molecule has 5 unspecified atom stereocenters. The van der Waals surface area contributed by atoms with E-state index < -0.39 is 0 Å². The van der Waals surface area contributed by atoms with Gasteiger partial charge >= 0.3 is 5.97 Å². The van der Waals surface area contributed by atoms with E-state index in [0.29, 0.717) is 35.1 Å². The fraction of sp³-hybridized carbons (Fsp3) is 0.846. The van der Waals surface area contributed by atoms with Crippen LogP contribution in [0.5, 0.6) is 0 Å². The van der Waals surface area contributed by atoms with E-state index in [9.17, 15) is 9.59 Å². The van der Waals surface area contributed by atoms with Gasteiger partial charge in [0.15, 0.2) is 0 Å². The Morgan fingerprint density at radius 2 is 1.93 bits per heavy atom. The number of fused-ring (bicyclic) bond motifs is 7. The van der Waals surface area contributed by atoms with E-state index in [2.05, 4.69) is 25.2 Å². The summed E-state index contributed by atoms with van der Waals surface area (Å²) in [4.78, 5) is 25.1. The van der Waals surface area contributed by atoms with Crippen molar-refractivity contribution in [2.24, 2.45) is 46.3 Å². The van der Waals surface area contributed by atoms with Crippen molar-refractivity contribution >= 4 is 11.9 Å². The molecule has 4 heteroatoms. The lowest BCUT2D eigenvalue weighted by molar-refractivity contribution is -0.166. The average molecular weight is 412 g/mol. The quantitative estimate of drug-likeness (QED) is 0.674. The third kappa shape index (κ3) is 2.77. The predicted molar refractivity (Wildman–Crippen MR) is 114 cm³/mol. The summed E-state index contributed by atoms with van der Waals surface area (Å²) in [6, 6.07) is 0.454. The Morgan fingerprint density at radius 1 is 1.07 bits per heavy atom. The maximum Gasteiger partial charge on any atom is 0.330 e. The minimum atomic E-state index is -0.171. The highest BCUT2D eigenvalue weighted by Crippen LogP contribution is 2.64. The fourth-order valence-electron chi connectivity index (χ4n) is 9.18. The number of nitrogens with one attached hydrogen (secondary N) is 1. The van der Waals surface area contributed by atoms with Gasteiger partial charge in [0, 0.05) is 23.5 Å². The van der Waals surface area contributed by atoms with E-state index in [0.717, 1.165) is 37.5 Å². The number of carbonyl (C=O) groups excluding carboxylic acids is 2. The monoisotopic (exact) mass is 411 g/mol. The molecular weight excluding hydrogens is 374 g/mol. The summed E-state index contributed by atoms with van der Waals surface area (Å²) >= 11 is 0. The molecule has 1 amide bonds. The highest BCUT2D eigenvalue weighted by molar-refractivity contribution is 5.83. The molecule has 0 spiro atoms. The van der Waals surface area contributed by atoms with Crippen LogP contribution in [0.3, 0.4) is 0 Å². The molecule has 4 nitrogen and oxygen atoms in total. The lowest BCUT2D eigenvalue weighted by atomic mass is 9.49. The van der Waals surface area contributed by atoms with E-state index in [1.165, 1.54) is 38.5 Å². The van der Waals surface area contributed by atoms with Crippen molar-refractivity contribution in [1.29, 1.82) is 0 Å². The molecule has 1 heterocycles. The van der Waals surface area contributed by atoms with Gasteiger partial charge in [0.05, 0.1) is 0 Å². The third-order valence-corrected chi connectivity index (χ3v) is 10.7. The molecule has 0 aromatic heterocycles. The molecule has 6 aliphatic rings. The van der Waals surface area contributed by atoms with Gasteiger partial charge in [0.25, 0.3) is 0 Å². The first-order valence-electron chi connectivity index (χ1n) is 12.6. The maximum atomic E-state index is 13.3. The first-order chi connectivity index (χ1) is 14.4. The van der Waals surface area contributed by atoms with Gasteiger partial charge in [-0.2, -0.15) is 0 Å². The van der Waals surface area contributed by atoms with E-state index in [4.69, 9.17) is 4.74 Å².